The van der Waals surface area contributed by atoms with Gasteiger partial charge in [-0.15, -0.1) is 0 Å². The molecule has 0 bridgehead atoms. The Bertz CT molecular complexity index is 676. The van der Waals surface area contributed by atoms with Crippen molar-refractivity contribution >= 4 is 5.78 Å². The van der Waals surface area contributed by atoms with Gasteiger partial charge in [0, 0.05) is 18.7 Å². The fourth-order valence-corrected chi connectivity index (χ4v) is 2.19. The van der Waals surface area contributed by atoms with Crippen LogP contribution in [0.4, 0.5) is 0 Å². The van der Waals surface area contributed by atoms with Gasteiger partial charge in [-0.1, -0.05) is 6.58 Å². The molecule has 1 unspecified atom stereocenters. The van der Waals surface area contributed by atoms with Crippen molar-refractivity contribution in [2.45, 2.75) is 37.9 Å². The zero-order valence-electron chi connectivity index (χ0n) is 11.4. The number of aromatic amines is 1. The average Bonchev–Trinajstić information content (AvgIpc) is 2.78. The number of Topliss-reactive ketones (excluding diaryl/α,β-unsaturated/α-hetero) is 1. The van der Waals surface area contributed by atoms with Gasteiger partial charge in [0.25, 0.3) is 5.56 Å². The molecular weight excluding hydrogens is 280 g/mol. The molecule has 0 aliphatic carbocycles. The topological polar surface area (TPSA) is 122 Å². The number of nitrogens with one attached hydrogen (secondary N) is 1. The minimum atomic E-state index is -1.55. The molecule has 8 heteroatoms. The number of ketones is 1. The minimum Gasteiger partial charge on any atom is -0.390 e. The maximum atomic E-state index is 11.7. The average molecular weight is 296 g/mol. The zero-order valence-corrected chi connectivity index (χ0v) is 11.4. The van der Waals surface area contributed by atoms with E-state index in [1.807, 2.05) is 0 Å². The van der Waals surface area contributed by atoms with Gasteiger partial charge in [0.15, 0.2) is 5.78 Å². The number of hydrogen-bond donors (Lipinski definition) is 3. The molecule has 1 saturated heterocycles. The minimum absolute atomic E-state index is 0.0111. The van der Waals surface area contributed by atoms with Gasteiger partial charge in [-0.2, -0.15) is 0 Å². The Labute approximate surface area is 119 Å². The molecule has 0 spiro atoms. The smallest absolute Gasteiger partial charge is 0.330 e. The van der Waals surface area contributed by atoms with Crippen molar-refractivity contribution in [2.24, 2.45) is 0 Å². The number of carbonyl (C=O) groups is 1. The van der Waals surface area contributed by atoms with Crippen molar-refractivity contribution in [3.63, 3.8) is 0 Å². The van der Waals surface area contributed by atoms with E-state index in [1.165, 1.54) is 13.1 Å². The molecule has 0 aromatic carbocycles. The van der Waals surface area contributed by atoms with Gasteiger partial charge in [-0.25, -0.2) is 4.79 Å². The van der Waals surface area contributed by atoms with Gasteiger partial charge in [-0.05, 0) is 12.5 Å². The van der Waals surface area contributed by atoms with Crippen LogP contribution in [0.5, 0.6) is 0 Å². The normalized spacial score (nSPS) is 26.5. The Morgan fingerprint density at radius 2 is 2.24 bits per heavy atom. The number of hydrogen-bond acceptors (Lipinski definition) is 6. The molecule has 1 fully saturated rings. The lowest BCUT2D eigenvalue weighted by Crippen LogP contribution is -2.40. The quantitative estimate of drug-likeness (QED) is 0.593. The first kappa shape index (κ1) is 15.4. The van der Waals surface area contributed by atoms with Crippen LogP contribution in [-0.2, 0) is 9.53 Å². The molecule has 0 amide bonds. The summed E-state index contributed by atoms with van der Waals surface area (Å²) in [4.78, 5) is 36.4. The van der Waals surface area contributed by atoms with E-state index >= 15 is 0 Å². The Hall–Kier alpha value is -2.03. The number of aromatic nitrogens is 2. The largest absolute Gasteiger partial charge is 0.390 e. The Morgan fingerprint density at radius 1 is 1.57 bits per heavy atom. The molecule has 2 rings (SSSR count). The number of rotatable bonds is 4. The van der Waals surface area contributed by atoms with Gasteiger partial charge >= 0.3 is 5.69 Å². The van der Waals surface area contributed by atoms with Crippen LogP contribution in [0.15, 0.2) is 34.0 Å². The van der Waals surface area contributed by atoms with Gasteiger partial charge in [0.05, 0.1) is 6.10 Å². The van der Waals surface area contributed by atoms with E-state index in [9.17, 15) is 24.6 Å². The molecule has 114 valence electrons. The number of carbonyl (C=O) groups excluding carboxylic acids is 1. The SMILES string of the molecule is C=C(C)C(=O)C(O)[C@H]1O[C@@H](n2ccc(=O)[nH]c2=O)C[C@@H]1O. The molecular formula is C13H16N2O6. The van der Waals surface area contributed by atoms with Crippen LogP contribution in [0.1, 0.15) is 19.6 Å². The first-order valence-electron chi connectivity index (χ1n) is 6.34. The Morgan fingerprint density at radius 3 is 2.81 bits per heavy atom. The summed E-state index contributed by atoms with van der Waals surface area (Å²) in [6, 6.07) is 1.14. The van der Waals surface area contributed by atoms with Crippen molar-refractivity contribution in [3.8, 4) is 0 Å². The summed E-state index contributed by atoms with van der Waals surface area (Å²) in [6.45, 7) is 4.87. The molecule has 3 N–H and O–H groups in total. The molecule has 1 aliphatic rings. The van der Waals surface area contributed by atoms with Crippen molar-refractivity contribution in [1.82, 2.24) is 9.55 Å². The number of aliphatic hydroxyl groups excluding tert-OH is 2. The molecule has 1 aromatic rings. The highest BCUT2D eigenvalue weighted by molar-refractivity contribution is 5.98. The van der Waals surface area contributed by atoms with E-state index in [4.69, 9.17) is 4.74 Å². The van der Waals surface area contributed by atoms with Crippen molar-refractivity contribution in [3.05, 3.63) is 45.3 Å². The van der Waals surface area contributed by atoms with E-state index in [1.54, 1.807) is 0 Å². The third kappa shape index (κ3) is 3.02. The monoisotopic (exact) mass is 296 g/mol. The first-order chi connectivity index (χ1) is 9.81. The number of aliphatic hydroxyl groups is 2. The molecule has 1 aromatic heterocycles. The molecule has 2 heterocycles. The van der Waals surface area contributed by atoms with Crippen molar-refractivity contribution in [2.75, 3.05) is 0 Å². The number of H-pyrrole nitrogens is 1. The maximum absolute atomic E-state index is 11.7. The first-order valence-corrected chi connectivity index (χ1v) is 6.34. The van der Waals surface area contributed by atoms with Crippen molar-refractivity contribution in [1.29, 1.82) is 0 Å². The second-order valence-corrected chi connectivity index (χ2v) is 4.97. The third-order valence-electron chi connectivity index (χ3n) is 3.30. The highest BCUT2D eigenvalue weighted by atomic mass is 16.5. The highest BCUT2D eigenvalue weighted by Gasteiger charge is 2.42. The van der Waals surface area contributed by atoms with Crippen LogP contribution in [0, 0.1) is 0 Å². The number of nitrogens with zero attached hydrogens (tertiary/aromatic N) is 1. The summed E-state index contributed by atoms with van der Waals surface area (Å²) < 4.78 is 6.48. The molecule has 4 atom stereocenters. The Kier molecular flexibility index (Phi) is 4.21. The van der Waals surface area contributed by atoms with Crippen LogP contribution in [-0.4, -0.2) is 43.9 Å². The predicted molar refractivity (Wildman–Crippen MR) is 71.7 cm³/mol. The van der Waals surface area contributed by atoms with E-state index < -0.39 is 41.6 Å². The Balaban J connectivity index is 2.21. The van der Waals surface area contributed by atoms with Gasteiger partial charge in [0.2, 0.25) is 0 Å². The summed E-state index contributed by atoms with van der Waals surface area (Å²) in [5, 5.41) is 19.8. The van der Waals surface area contributed by atoms with E-state index in [0.29, 0.717) is 0 Å². The predicted octanol–water partition coefficient (Wildman–Crippen LogP) is -1.31. The van der Waals surface area contributed by atoms with Crippen LogP contribution in [0.3, 0.4) is 0 Å². The maximum Gasteiger partial charge on any atom is 0.330 e. The van der Waals surface area contributed by atoms with Crippen LogP contribution >= 0.6 is 0 Å². The van der Waals surface area contributed by atoms with E-state index in [-0.39, 0.29) is 12.0 Å². The second kappa shape index (κ2) is 5.76. The lowest BCUT2D eigenvalue weighted by Gasteiger charge is -2.20. The second-order valence-electron chi connectivity index (χ2n) is 4.97. The third-order valence-corrected chi connectivity index (χ3v) is 3.30. The standard InChI is InChI=1S/C13H16N2O6/c1-6(2)10(18)11(19)12-7(16)5-9(21-12)15-4-3-8(17)14-13(15)20/h3-4,7,9,11-12,16,19H,1,5H2,2H3,(H,14,17,20)/t7-,9+,11?,12-/m0/s1. The van der Waals surface area contributed by atoms with Gasteiger partial charge in [-0.3, -0.25) is 19.1 Å². The fraction of sp³-hybridized carbons (Fsp3) is 0.462. The van der Waals surface area contributed by atoms with Crippen molar-refractivity contribution < 1.29 is 19.7 Å². The summed E-state index contributed by atoms with van der Waals surface area (Å²) in [6.07, 6.45) is -3.46. The summed E-state index contributed by atoms with van der Waals surface area (Å²) in [7, 11) is 0. The fourth-order valence-electron chi connectivity index (χ4n) is 2.19. The molecule has 21 heavy (non-hydrogen) atoms. The van der Waals surface area contributed by atoms with Crippen LogP contribution in [0.2, 0.25) is 0 Å². The summed E-state index contributed by atoms with van der Waals surface area (Å²) in [5.41, 5.74) is -1.10. The van der Waals surface area contributed by atoms with Crippen LogP contribution in [0.25, 0.3) is 0 Å². The van der Waals surface area contributed by atoms with E-state index in [0.717, 1.165) is 10.6 Å². The summed E-state index contributed by atoms with van der Waals surface area (Å²) >= 11 is 0. The summed E-state index contributed by atoms with van der Waals surface area (Å²) in [5.74, 6) is -0.631. The molecule has 0 radical (unpaired) electrons. The van der Waals surface area contributed by atoms with Gasteiger partial charge < -0.3 is 14.9 Å². The lowest BCUT2D eigenvalue weighted by molar-refractivity contribution is -0.137. The van der Waals surface area contributed by atoms with Crippen LogP contribution < -0.4 is 11.2 Å². The molecule has 8 nitrogen and oxygen atoms in total. The zero-order chi connectivity index (χ0) is 15.7. The van der Waals surface area contributed by atoms with E-state index in [2.05, 4.69) is 11.6 Å². The lowest BCUT2D eigenvalue weighted by atomic mass is 10.0. The van der Waals surface area contributed by atoms with Gasteiger partial charge in [0.1, 0.15) is 18.4 Å². The number of ether oxygens (including phenoxy) is 1. The highest BCUT2D eigenvalue weighted by Crippen LogP contribution is 2.30. The molecule has 1 aliphatic heterocycles. The molecule has 0 saturated carbocycles.